The van der Waals surface area contributed by atoms with Crippen LogP contribution in [0.2, 0.25) is 5.02 Å². The highest BCUT2D eigenvalue weighted by molar-refractivity contribution is 6.30. The van der Waals surface area contributed by atoms with Gasteiger partial charge in [0.1, 0.15) is 5.82 Å². The van der Waals surface area contributed by atoms with Crippen molar-refractivity contribution in [2.75, 3.05) is 18.4 Å². The quantitative estimate of drug-likeness (QED) is 0.841. The zero-order valence-electron chi connectivity index (χ0n) is 13.1. The van der Waals surface area contributed by atoms with Crippen LogP contribution in [0.15, 0.2) is 30.5 Å². The molecule has 1 aliphatic rings. The maximum Gasteiger partial charge on any atom is 0.259 e. The highest BCUT2D eigenvalue weighted by Gasteiger charge is 2.21. The number of carbonyl (C=O) groups is 1. The molecule has 1 aromatic carbocycles. The summed E-state index contributed by atoms with van der Waals surface area (Å²) in [5, 5.41) is 6.75. The van der Waals surface area contributed by atoms with E-state index in [1.165, 1.54) is 0 Å². The molecule has 5 nitrogen and oxygen atoms in total. The average molecular weight is 390 g/mol. The molecule has 24 heavy (non-hydrogen) atoms. The second-order valence-electron chi connectivity index (χ2n) is 5.38. The molecule has 1 aliphatic heterocycles. The van der Waals surface area contributed by atoms with Crippen LogP contribution in [0.3, 0.4) is 0 Å². The van der Waals surface area contributed by atoms with Crippen molar-refractivity contribution in [3.05, 3.63) is 52.6 Å². The van der Waals surface area contributed by atoms with Crippen molar-refractivity contribution in [2.45, 2.75) is 19.3 Å². The van der Waals surface area contributed by atoms with E-state index in [4.69, 9.17) is 11.6 Å². The normalized spacial score (nSPS) is 16.0. The third-order valence-electron chi connectivity index (χ3n) is 3.77. The van der Waals surface area contributed by atoms with Gasteiger partial charge in [0.15, 0.2) is 0 Å². The van der Waals surface area contributed by atoms with Gasteiger partial charge in [0, 0.05) is 29.4 Å². The maximum absolute atomic E-state index is 12.3. The summed E-state index contributed by atoms with van der Waals surface area (Å²) in [5.41, 5.74) is 1.88. The van der Waals surface area contributed by atoms with E-state index in [0.29, 0.717) is 27.9 Å². The zero-order valence-corrected chi connectivity index (χ0v) is 15.5. The fourth-order valence-corrected chi connectivity index (χ4v) is 2.64. The molecule has 2 N–H and O–H groups in total. The topological polar surface area (TPSA) is 66.9 Å². The third-order valence-corrected chi connectivity index (χ3v) is 4.02. The molecule has 0 radical (unpaired) electrons. The minimum Gasteiger partial charge on any atom is -0.322 e. The number of halogens is 3. The molecule has 0 saturated carbocycles. The SMILES string of the molecule is Cc1nc(C2CCNC2)ncc1C(=O)Nc1ccc(Cl)cc1.Cl.Cl. The van der Waals surface area contributed by atoms with Crippen LogP contribution in [-0.2, 0) is 0 Å². The predicted octanol–water partition coefficient (Wildman–Crippen LogP) is 3.61. The number of hydrogen-bond donors (Lipinski definition) is 2. The fourth-order valence-electron chi connectivity index (χ4n) is 2.51. The maximum atomic E-state index is 12.3. The Kier molecular flexibility index (Phi) is 7.90. The second kappa shape index (κ2) is 9.18. The Balaban J connectivity index is 0.00000144. The molecule has 1 fully saturated rings. The minimum atomic E-state index is -0.212. The lowest BCUT2D eigenvalue weighted by molar-refractivity contribution is 0.102. The number of anilines is 1. The first kappa shape index (κ1) is 20.6. The molecule has 1 aromatic heterocycles. The van der Waals surface area contributed by atoms with Crippen molar-refractivity contribution < 1.29 is 4.79 Å². The molecule has 2 aromatic rings. The van der Waals surface area contributed by atoms with Crippen LogP contribution in [0, 0.1) is 6.92 Å². The summed E-state index contributed by atoms with van der Waals surface area (Å²) >= 11 is 5.83. The first-order valence-electron chi connectivity index (χ1n) is 7.24. The van der Waals surface area contributed by atoms with Crippen LogP contribution >= 0.6 is 36.4 Å². The van der Waals surface area contributed by atoms with Crippen LogP contribution in [0.5, 0.6) is 0 Å². The second-order valence-corrected chi connectivity index (χ2v) is 5.81. The Hall–Kier alpha value is -1.40. The minimum absolute atomic E-state index is 0. The largest absolute Gasteiger partial charge is 0.322 e. The predicted molar refractivity (Wildman–Crippen MR) is 101 cm³/mol. The lowest BCUT2D eigenvalue weighted by atomic mass is 10.1. The summed E-state index contributed by atoms with van der Waals surface area (Å²) in [4.78, 5) is 21.2. The highest BCUT2D eigenvalue weighted by atomic mass is 35.5. The van der Waals surface area contributed by atoms with Gasteiger partial charge in [-0.25, -0.2) is 9.97 Å². The number of aryl methyl sites for hydroxylation is 1. The van der Waals surface area contributed by atoms with Gasteiger partial charge < -0.3 is 10.6 Å². The first-order chi connectivity index (χ1) is 10.6. The zero-order chi connectivity index (χ0) is 15.5. The molecule has 1 unspecified atom stereocenters. The van der Waals surface area contributed by atoms with E-state index in [1.807, 2.05) is 6.92 Å². The van der Waals surface area contributed by atoms with Crippen molar-refractivity contribution in [2.24, 2.45) is 0 Å². The number of amides is 1. The van der Waals surface area contributed by atoms with Crippen LogP contribution in [-0.4, -0.2) is 29.0 Å². The van der Waals surface area contributed by atoms with Crippen LogP contribution < -0.4 is 10.6 Å². The summed E-state index contributed by atoms with van der Waals surface area (Å²) in [6, 6.07) is 6.98. The van der Waals surface area contributed by atoms with E-state index in [-0.39, 0.29) is 30.7 Å². The number of aromatic nitrogens is 2. The van der Waals surface area contributed by atoms with Crippen molar-refractivity contribution in [3.63, 3.8) is 0 Å². The average Bonchev–Trinajstić information content (AvgIpc) is 3.03. The first-order valence-corrected chi connectivity index (χ1v) is 7.62. The van der Waals surface area contributed by atoms with Crippen LogP contribution in [0.25, 0.3) is 0 Å². The van der Waals surface area contributed by atoms with E-state index in [1.54, 1.807) is 30.5 Å². The molecule has 0 spiro atoms. The standard InChI is InChI=1S/C16H17ClN4O.2ClH/c1-10-14(9-19-15(20-10)11-6-7-18-8-11)16(22)21-13-4-2-12(17)3-5-13;;/h2-5,9,11,18H,6-8H2,1H3,(H,21,22);2*1H. The van der Waals surface area contributed by atoms with Gasteiger partial charge in [-0.05, 0) is 44.2 Å². The Morgan fingerprint density at radius 3 is 2.58 bits per heavy atom. The summed E-state index contributed by atoms with van der Waals surface area (Å²) in [7, 11) is 0. The van der Waals surface area contributed by atoms with Crippen LogP contribution in [0.1, 0.15) is 34.2 Å². The molecule has 2 heterocycles. The van der Waals surface area contributed by atoms with Gasteiger partial charge in [0.25, 0.3) is 5.91 Å². The van der Waals surface area contributed by atoms with Gasteiger partial charge in [-0.1, -0.05) is 11.6 Å². The molecule has 130 valence electrons. The molecule has 0 aliphatic carbocycles. The molecule has 3 rings (SSSR count). The molecule has 1 amide bonds. The molecule has 8 heteroatoms. The Morgan fingerprint density at radius 1 is 1.29 bits per heavy atom. The highest BCUT2D eigenvalue weighted by Crippen LogP contribution is 2.20. The van der Waals surface area contributed by atoms with Gasteiger partial charge in [0.2, 0.25) is 0 Å². The number of rotatable bonds is 3. The van der Waals surface area contributed by atoms with Crippen molar-refractivity contribution in [3.8, 4) is 0 Å². The van der Waals surface area contributed by atoms with E-state index in [0.717, 1.165) is 25.3 Å². The molecular weight excluding hydrogens is 371 g/mol. The van der Waals surface area contributed by atoms with Gasteiger partial charge in [-0.15, -0.1) is 24.8 Å². The number of nitrogens with one attached hydrogen (secondary N) is 2. The summed E-state index contributed by atoms with van der Waals surface area (Å²) in [6.07, 6.45) is 2.65. The van der Waals surface area contributed by atoms with E-state index in [9.17, 15) is 4.79 Å². The van der Waals surface area contributed by atoms with Crippen molar-refractivity contribution >= 4 is 48.0 Å². The summed E-state index contributed by atoms with van der Waals surface area (Å²) in [5.74, 6) is 0.938. The van der Waals surface area contributed by atoms with Gasteiger partial charge >= 0.3 is 0 Å². The number of carbonyl (C=O) groups excluding carboxylic acids is 1. The summed E-state index contributed by atoms with van der Waals surface area (Å²) < 4.78 is 0. The Labute approximate surface area is 158 Å². The van der Waals surface area contributed by atoms with Crippen molar-refractivity contribution in [1.29, 1.82) is 0 Å². The van der Waals surface area contributed by atoms with Gasteiger partial charge in [-0.3, -0.25) is 4.79 Å². The monoisotopic (exact) mass is 388 g/mol. The Bertz CT molecular complexity index is 688. The number of nitrogens with zero attached hydrogens (tertiary/aromatic N) is 2. The van der Waals surface area contributed by atoms with E-state index in [2.05, 4.69) is 20.6 Å². The van der Waals surface area contributed by atoms with Gasteiger partial charge in [-0.2, -0.15) is 0 Å². The lowest BCUT2D eigenvalue weighted by Gasteiger charge is -2.11. The Morgan fingerprint density at radius 2 is 2.00 bits per heavy atom. The van der Waals surface area contributed by atoms with E-state index >= 15 is 0 Å². The van der Waals surface area contributed by atoms with Gasteiger partial charge in [0.05, 0.1) is 11.3 Å². The van der Waals surface area contributed by atoms with Crippen molar-refractivity contribution in [1.82, 2.24) is 15.3 Å². The molecule has 1 atom stereocenters. The molecule has 1 saturated heterocycles. The fraction of sp³-hybridized carbons (Fsp3) is 0.312. The lowest BCUT2D eigenvalue weighted by Crippen LogP contribution is -2.17. The summed E-state index contributed by atoms with van der Waals surface area (Å²) in [6.45, 7) is 3.73. The van der Waals surface area contributed by atoms with Crippen LogP contribution in [0.4, 0.5) is 5.69 Å². The third kappa shape index (κ3) is 4.80. The molecular formula is C16H19Cl3N4O. The molecule has 0 bridgehead atoms. The number of benzene rings is 1. The number of hydrogen-bond acceptors (Lipinski definition) is 4. The van der Waals surface area contributed by atoms with E-state index < -0.39 is 0 Å². The smallest absolute Gasteiger partial charge is 0.259 e.